The van der Waals surface area contributed by atoms with Crippen molar-refractivity contribution in [2.45, 2.75) is 12.0 Å². The van der Waals surface area contributed by atoms with Gasteiger partial charge in [0.15, 0.2) is 0 Å². The molecule has 120 valence electrons. The highest BCUT2D eigenvalue weighted by Gasteiger charge is 2.39. The molecule has 23 heavy (non-hydrogen) atoms. The number of aliphatic hydroxyl groups is 1. The lowest BCUT2D eigenvalue weighted by Gasteiger charge is -2.24. The number of benzene rings is 2. The van der Waals surface area contributed by atoms with E-state index >= 15 is 0 Å². The Morgan fingerprint density at radius 3 is 2.22 bits per heavy atom. The van der Waals surface area contributed by atoms with Gasteiger partial charge in [0.1, 0.15) is 6.04 Å². The van der Waals surface area contributed by atoms with E-state index in [2.05, 4.69) is 12.1 Å². The van der Waals surface area contributed by atoms with Crippen molar-refractivity contribution in [3.8, 4) is 0 Å². The number of hydrogen-bond acceptors (Lipinski definition) is 3. The number of carbonyl (C=O) groups is 1. The van der Waals surface area contributed by atoms with Crippen LogP contribution in [0.15, 0.2) is 60.7 Å². The van der Waals surface area contributed by atoms with Crippen LogP contribution in [0.4, 0.5) is 0 Å². The van der Waals surface area contributed by atoms with Crippen molar-refractivity contribution in [3.05, 3.63) is 71.8 Å². The molecular formula is C19H21NO3. The summed E-state index contributed by atoms with van der Waals surface area (Å²) in [4.78, 5) is 13.8. The van der Waals surface area contributed by atoms with Gasteiger partial charge in [0.2, 0.25) is 0 Å². The Bertz CT molecular complexity index is 644. The zero-order valence-electron chi connectivity index (χ0n) is 12.9. The lowest BCUT2D eigenvalue weighted by Crippen LogP contribution is -2.32. The molecule has 0 bridgehead atoms. The summed E-state index contributed by atoms with van der Waals surface area (Å²) in [5.74, 6) is -0.628. The predicted octanol–water partition coefficient (Wildman–Crippen LogP) is 2.52. The maximum absolute atomic E-state index is 11.8. The van der Waals surface area contributed by atoms with Gasteiger partial charge in [-0.25, -0.2) is 0 Å². The smallest absolute Gasteiger partial charge is 0.325 e. The Balaban J connectivity index is 1.87. The van der Waals surface area contributed by atoms with Crippen LogP contribution in [0.25, 0.3) is 0 Å². The number of nitrogens with zero attached hydrogens (tertiary/aromatic N) is 1. The van der Waals surface area contributed by atoms with Gasteiger partial charge in [-0.15, -0.1) is 0 Å². The third kappa shape index (κ3) is 3.28. The molecule has 3 rings (SSSR count). The monoisotopic (exact) mass is 311 g/mol. The Kier molecular flexibility index (Phi) is 4.74. The second-order valence-corrected chi connectivity index (χ2v) is 6.07. The highest BCUT2D eigenvalue weighted by atomic mass is 16.4. The molecule has 1 fully saturated rings. The van der Waals surface area contributed by atoms with E-state index in [1.807, 2.05) is 53.4 Å². The molecule has 0 aromatic heterocycles. The van der Waals surface area contributed by atoms with Crippen molar-refractivity contribution in [1.29, 1.82) is 0 Å². The normalized spacial score (nSPS) is 22.8. The molecule has 0 saturated carbocycles. The largest absolute Gasteiger partial charge is 0.480 e. The van der Waals surface area contributed by atoms with E-state index in [4.69, 9.17) is 0 Å². The summed E-state index contributed by atoms with van der Waals surface area (Å²) < 4.78 is 0. The molecule has 2 aromatic rings. The molecule has 1 heterocycles. The maximum atomic E-state index is 11.8. The van der Waals surface area contributed by atoms with E-state index in [9.17, 15) is 15.0 Å². The number of aliphatic hydroxyl groups excluding tert-OH is 1. The van der Waals surface area contributed by atoms with E-state index in [0.29, 0.717) is 13.1 Å². The average Bonchev–Trinajstić information content (AvgIpc) is 3.00. The van der Waals surface area contributed by atoms with E-state index < -0.39 is 12.0 Å². The lowest BCUT2D eigenvalue weighted by molar-refractivity contribution is -0.143. The molecule has 0 aliphatic carbocycles. The van der Waals surface area contributed by atoms with Gasteiger partial charge in [0.25, 0.3) is 0 Å². The van der Waals surface area contributed by atoms with Crippen LogP contribution >= 0.6 is 0 Å². The SMILES string of the molecule is O=C(O)[C@@H](c1ccccc1)N1C[C@H](CO)[C@@H](c2ccccc2)C1. The first-order chi connectivity index (χ1) is 11.2. The summed E-state index contributed by atoms with van der Waals surface area (Å²) >= 11 is 0. The summed E-state index contributed by atoms with van der Waals surface area (Å²) in [7, 11) is 0. The highest BCUT2D eigenvalue weighted by Crippen LogP contribution is 2.37. The van der Waals surface area contributed by atoms with Crippen LogP contribution in [0.3, 0.4) is 0 Å². The first-order valence-electron chi connectivity index (χ1n) is 7.88. The third-order valence-corrected chi connectivity index (χ3v) is 4.65. The van der Waals surface area contributed by atoms with Gasteiger partial charge in [0.05, 0.1) is 0 Å². The first kappa shape index (κ1) is 15.7. The second-order valence-electron chi connectivity index (χ2n) is 6.07. The van der Waals surface area contributed by atoms with Crippen molar-refractivity contribution in [2.24, 2.45) is 5.92 Å². The Morgan fingerprint density at radius 1 is 1.04 bits per heavy atom. The zero-order chi connectivity index (χ0) is 16.2. The molecular weight excluding hydrogens is 290 g/mol. The van der Waals surface area contributed by atoms with E-state index in [-0.39, 0.29) is 18.4 Å². The van der Waals surface area contributed by atoms with E-state index in [1.54, 1.807) is 0 Å². The second kappa shape index (κ2) is 6.94. The lowest BCUT2D eigenvalue weighted by atomic mass is 9.90. The summed E-state index contributed by atoms with van der Waals surface area (Å²) in [6.07, 6.45) is 0. The number of carboxylic acids is 1. The summed E-state index contributed by atoms with van der Waals surface area (Å²) in [6.45, 7) is 1.29. The summed E-state index contributed by atoms with van der Waals surface area (Å²) in [5.41, 5.74) is 1.94. The molecule has 0 amide bonds. The van der Waals surface area contributed by atoms with Crippen molar-refractivity contribution < 1.29 is 15.0 Å². The molecule has 0 radical (unpaired) electrons. The number of hydrogen-bond donors (Lipinski definition) is 2. The van der Waals surface area contributed by atoms with Crippen LogP contribution in [0.1, 0.15) is 23.1 Å². The maximum Gasteiger partial charge on any atom is 0.325 e. The topological polar surface area (TPSA) is 60.8 Å². The molecule has 3 atom stereocenters. The van der Waals surface area contributed by atoms with Gasteiger partial charge in [-0.1, -0.05) is 60.7 Å². The van der Waals surface area contributed by atoms with Crippen molar-refractivity contribution in [1.82, 2.24) is 4.90 Å². The van der Waals surface area contributed by atoms with Gasteiger partial charge >= 0.3 is 5.97 Å². The molecule has 0 unspecified atom stereocenters. The number of aliphatic carboxylic acids is 1. The van der Waals surface area contributed by atoms with Crippen LogP contribution in [0, 0.1) is 5.92 Å². The van der Waals surface area contributed by atoms with Crippen molar-refractivity contribution in [3.63, 3.8) is 0 Å². The minimum absolute atomic E-state index is 0.0583. The minimum atomic E-state index is -0.846. The molecule has 2 N–H and O–H groups in total. The molecule has 1 aliphatic rings. The van der Waals surface area contributed by atoms with Gasteiger partial charge in [0, 0.05) is 31.5 Å². The van der Waals surface area contributed by atoms with Crippen molar-refractivity contribution >= 4 is 5.97 Å². The van der Waals surface area contributed by atoms with Gasteiger partial charge in [-0.2, -0.15) is 0 Å². The Morgan fingerprint density at radius 2 is 1.65 bits per heavy atom. The van der Waals surface area contributed by atoms with Crippen LogP contribution in [-0.2, 0) is 4.79 Å². The van der Waals surface area contributed by atoms with Crippen LogP contribution in [0.2, 0.25) is 0 Å². The first-order valence-corrected chi connectivity index (χ1v) is 7.88. The van der Waals surface area contributed by atoms with E-state index in [1.165, 1.54) is 0 Å². The standard InChI is InChI=1S/C19H21NO3/c21-13-16-11-20(12-17(16)14-7-3-1-4-8-14)18(19(22)23)15-9-5-2-6-10-15/h1-10,16-18,21H,11-13H2,(H,22,23)/t16-,17-,18-/m1/s1. The molecule has 1 saturated heterocycles. The van der Waals surface area contributed by atoms with E-state index in [0.717, 1.165) is 11.1 Å². The predicted molar refractivity (Wildman–Crippen MR) is 88.2 cm³/mol. The number of rotatable bonds is 5. The fraction of sp³-hybridized carbons (Fsp3) is 0.316. The number of carboxylic acid groups (broad SMARTS) is 1. The fourth-order valence-electron chi connectivity index (χ4n) is 3.52. The van der Waals surface area contributed by atoms with Gasteiger partial charge in [-0.3, -0.25) is 9.69 Å². The Labute approximate surface area is 136 Å². The zero-order valence-corrected chi connectivity index (χ0v) is 12.9. The van der Waals surface area contributed by atoms with Crippen LogP contribution < -0.4 is 0 Å². The van der Waals surface area contributed by atoms with Gasteiger partial charge in [-0.05, 0) is 11.1 Å². The van der Waals surface area contributed by atoms with Crippen LogP contribution in [-0.4, -0.2) is 40.8 Å². The van der Waals surface area contributed by atoms with Crippen molar-refractivity contribution in [2.75, 3.05) is 19.7 Å². The Hall–Kier alpha value is -2.17. The average molecular weight is 311 g/mol. The fourth-order valence-corrected chi connectivity index (χ4v) is 3.52. The molecule has 0 spiro atoms. The quantitative estimate of drug-likeness (QED) is 0.891. The molecule has 4 nitrogen and oxygen atoms in total. The van der Waals surface area contributed by atoms with Gasteiger partial charge < -0.3 is 10.2 Å². The third-order valence-electron chi connectivity index (χ3n) is 4.65. The highest BCUT2D eigenvalue weighted by molar-refractivity contribution is 5.75. The summed E-state index contributed by atoms with van der Waals surface area (Å²) in [6, 6.07) is 18.7. The minimum Gasteiger partial charge on any atom is -0.480 e. The molecule has 2 aromatic carbocycles. The summed E-state index contributed by atoms with van der Waals surface area (Å²) in [5, 5.41) is 19.4. The molecule has 1 aliphatic heterocycles. The van der Waals surface area contributed by atoms with Crippen LogP contribution in [0.5, 0.6) is 0 Å². The number of likely N-dealkylation sites (tertiary alicyclic amines) is 1. The molecule has 4 heteroatoms.